The van der Waals surface area contributed by atoms with Gasteiger partial charge in [-0.2, -0.15) is 4.31 Å². The van der Waals surface area contributed by atoms with E-state index in [0.29, 0.717) is 12.8 Å². The number of hydrogen-bond acceptors (Lipinski definition) is 3. The highest BCUT2D eigenvalue weighted by molar-refractivity contribution is 7.89. The van der Waals surface area contributed by atoms with Crippen molar-refractivity contribution < 1.29 is 27.1 Å². The molecule has 0 spiro atoms. The molecule has 1 N–H and O–H groups in total. The molecule has 1 aromatic carbocycles. The maximum absolute atomic E-state index is 13.7. The number of piperidine rings is 1. The third-order valence-electron chi connectivity index (χ3n) is 3.73. The van der Waals surface area contributed by atoms with Gasteiger partial charge in [0.1, 0.15) is 11.6 Å². The summed E-state index contributed by atoms with van der Waals surface area (Å²) in [5.74, 6) is -4.36. The van der Waals surface area contributed by atoms with E-state index < -0.39 is 44.5 Å². The Labute approximate surface area is 121 Å². The quantitative estimate of drug-likeness (QED) is 0.922. The second kappa shape index (κ2) is 5.69. The van der Waals surface area contributed by atoms with Crippen LogP contribution in [0.4, 0.5) is 8.78 Å². The number of carboxylic acid groups (broad SMARTS) is 1. The molecule has 0 saturated carbocycles. The first kappa shape index (κ1) is 15.8. The molecule has 2 rings (SSSR count). The molecule has 0 aliphatic carbocycles. The number of sulfonamides is 1. The van der Waals surface area contributed by atoms with Gasteiger partial charge in [0.2, 0.25) is 10.0 Å². The van der Waals surface area contributed by atoms with Crippen LogP contribution in [0.1, 0.15) is 19.8 Å². The Morgan fingerprint density at radius 1 is 1.33 bits per heavy atom. The molecule has 1 heterocycles. The van der Waals surface area contributed by atoms with Gasteiger partial charge in [0, 0.05) is 12.6 Å². The molecule has 5 nitrogen and oxygen atoms in total. The smallest absolute Gasteiger partial charge is 0.308 e. The molecule has 0 unspecified atom stereocenters. The fourth-order valence-electron chi connectivity index (χ4n) is 2.63. The maximum atomic E-state index is 13.7. The van der Waals surface area contributed by atoms with Crippen molar-refractivity contribution in [2.75, 3.05) is 6.54 Å². The summed E-state index contributed by atoms with van der Waals surface area (Å²) in [6.45, 7) is 1.48. The highest BCUT2D eigenvalue weighted by Gasteiger charge is 2.41. The van der Waals surface area contributed by atoms with Gasteiger partial charge in [0.15, 0.2) is 4.90 Å². The third kappa shape index (κ3) is 2.77. The zero-order valence-corrected chi connectivity index (χ0v) is 12.1. The van der Waals surface area contributed by atoms with Gasteiger partial charge in [-0.3, -0.25) is 4.79 Å². The molecular formula is C13H15F2NO4S. The van der Waals surface area contributed by atoms with Gasteiger partial charge in [-0.15, -0.1) is 0 Å². The molecular weight excluding hydrogens is 304 g/mol. The maximum Gasteiger partial charge on any atom is 0.308 e. The van der Waals surface area contributed by atoms with Crippen LogP contribution in [0.15, 0.2) is 23.1 Å². The summed E-state index contributed by atoms with van der Waals surface area (Å²) >= 11 is 0. The van der Waals surface area contributed by atoms with Crippen LogP contribution in [0.3, 0.4) is 0 Å². The van der Waals surface area contributed by atoms with Crippen molar-refractivity contribution in [3.8, 4) is 0 Å². The lowest BCUT2D eigenvalue weighted by molar-refractivity contribution is -0.144. The van der Waals surface area contributed by atoms with Crippen LogP contribution in [0.25, 0.3) is 0 Å². The lowest BCUT2D eigenvalue weighted by Crippen LogP contribution is -2.49. The number of halogens is 2. The molecule has 0 radical (unpaired) electrons. The predicted molar refractivity (Wildman–Crippen MR) is 70.1 cm³/mol. The Balaban J connectivity index is 2.46. The van der Waals surface area contributed by atoms with E-state index in [0.717, 1.165) is 22.5 Å². The van der Waals surface area contributed by atoms with Gasteiger partial charge >= 0.3 is 5.97 Å². The SMILES string of the molecule is C[C@@H]1[C@H](C(=O)O)CCCN1S(=O)(=O)c1c(F)cccc1F. The zero-order valence-electron chi connectivity index (χ0n) is 11.3. The topological polar surface area (TPSA) is 74.7 Å². The van der Waals surface area contributed by atoms with E-state index in [1.807, 2.05) is 0 Å². The largest absolute Gasteiger partial charge is 0.481 e. The van der Waals surface area contributed by atoms with Gasteiger partial charge in [-0.1, -0.05) is 6.07 Å². The molecule has 0 bridgehead atoms. The van der Waals surface area contributed by atoms with Crippen LogP contribution in [0, 0.1) is 17.6 Å². The molecule has 2 atom stereocenters. The lowest BCUT2D eigenvalue weighted by atomic mass is 9.92. The fraction of sp³-hybridized carbons (Fsp3) is 0.462. The standard InChI is InChI=1S/C13H15F2NO4S/c1-8-9(13(17)18)4-3-7-16(8)21(19,20)12-10(14)5-2-6-11(12)15/h2,5-6,8-9H,3-4,7H2,1H3,(H,17,18)/t8-,9-/m1/s1. The Bertz CT molecular complexity index is 642. The van der Waals surface area contributed by atoms with Crippen molar-refractivity contribution in [2.24, 2.45) is 5.92 Å². The first-order chi connectivity index (χ1) is 9.76. The highest BCUT2D eigenvalue weighted by Crippen LogP contribution is 2.31. The first-order valence-corrected chi connectivity index (χ1v) is 7.89. The van der Waals surface area contributed by atoms with E-state index in [-0.39, 0.29) is 6.54 Å². The average molecular weight is 319 g/mol. The minimum Gasteiger partial charge on any atom is -0.481 e. The number of carboxylic acids is 1. The molecule has 21 heavy (non-hydrogen) atoms. The van der Waals surface area contributed by atoms with Gasteiger partial charge < -0.3 is 5.11 Å². The van der Waals surface area contributed by atoms with Crippen LogP contribution >= 0.6 is 0 Å². The van der Waals surface area contributed by atoms with Crippen LogP contribution in [0.5, 0.6) is 0 Å². The molecule has 1 aliphatic rings. The summed E-state index contributed by atoms with van der Waals surface area (Å²) in [5.41, 5.74) is 0. The van der Waals surface area contributed by atoms with Gasteiger partial charge in [-0.05, 0) is 31.9 Å². The number of rotatable bonds is 3. The van der Waals surface area contributed by atoms with Crippen LogP contribution in [-0.2, 0) is 14.8 Å². The van der Waals surface area contributed by atoms with Gasteiger partial charge in [-0.25, -0.2) is 17.2 Å². The van der Waals surface area contributed by atoms with Crippen LogP contribution in [-0.4, -0.2) is 36.4 Å². The van der Waals surface area contributed by atoms with Crippen molar-refractivity contribution in [1.82, 2.24) is 4.31 Å². The van der Waals surface area contributed by atoms with Crippen molar-refractivity contribution in [3.05, 3.63) is 29.8 Å². The number of carbonyl (C=O) groups is 1. The van der Waals surface area contributed by atoms with E-state index in [2.05, 4.69) is 0 Å². The summed E-state index contributed by atoms with van der Waals surface area (Å²) in [7, 11) is -4.42. The zero-order chi connectivity index (χ0) is 15.8. The summed E-state index contributed by atoms with van der Waals surface area (Å²) in [6.07, 6.45) is 0.666. The summed E-state index contributed by atoms with van der Waals surface area (Å²) < 4.78 is 53.2. The average Bonchev–Trinajstić information content (AvgIpc) is 2.37. The molecule has 0 amide bonds. The van der Waals surface area contributed by atoms with Crippen molar-refractivity contribution in [2.45, 2.75) is 30.7 Å². The van der Waals surface area contributed by atoms with Crippen molar-refractivity contribution in [3.63, 3.8) is 0 Å². The van der Waals surface area contributed by atoms with E-state index >= 15 is 0 Å². The minimum atomic E-state index is -4.42. The molecule has 1 aliphatic heterocycles. The lowest BCUT2D eigenvalue weighted by Gasteiger charge is -2.36. The number of hydrogen-bond donors (Lipinski definition) is 1. The van der Waals surface area contributed by atoms with E-state index in [1.165, 1.54) is 6.92 Å². The van der Waals surface area contributed by atoms with Gasteiger partial charge in [0.05, 0.1) is 5.92 Å². The second-order valence-corrected chi connectivity index (χ2v) is 6.82. The summed E-state index contributed by atoms with van der Waals surface area (Å²) in [5, 5.41) is 9.10. The normalized spacial score (nSPS) is 24.0. The van der Waals surface area contributed by atoms with Crippen molar-refractivity contribution >= 4 is 16.0 Å². The molecule has 8 heteroatoms. The monoisotopic (exact) mass is 319 g/mol. The van der Waals surface area contributed by atoms with Crippen LogP contribution < -0.4 is 0 Å². The predicted octanol–water partition coefficient (Wildman–Crippen LogP) is 1.84. The molecule has 1 fully saturated rings. The highest BCUT2D eigenvalue weighted by atomic mass is 32.2. The van der Waals surface area contributed by atoms with Crippen molar-refractivity contribution in [1.29, 1.82) is 0 Å². The second-order valence-electron chi connectivity index (χ2n) is 4.99. The minimum absolute atomic E-state index is 0.0427. The summed E-state index contributed by atoms with van der Waals surface area (Å²) in [4.78, 5) is 10.1. The number of aliphatic carboxylic acids is 1. The van der Waals surface area contributed by atoms with Gasteiger partial charge in [0.25, 0.3) is 0 Å². The molecule has 1 saturated heterocycles. The first-order valence-electron chi connectivity index (χ1n) is 6.45. The van der Waals surface area contributed by atoms with E-state index in [9.17, 15) is 22.0 Å². The molecule has 1 aromatic rings. The Hall–Kier alpha value is -1.54. The fourth-order valence-corrected chi connectivity index (χ4v) is 4.45. The van der Waals surface area contributed by atoms with E-state index in [4.69, 9.17) is 5.11 Å². The Morgan fingerprint density at radius 2 is 1.90 bits per heavy atom. The Morgan fingerprint density at radius 3 is 2.43 bits per heavy atom. The number of nitrogens with zero attached hydrogens (tertiary/aromatic N) is 1. The Kier molecular flexibility index (Phi) is 4.29. The van der Waals surface area contributed by atoms with E-state index in [1.54, 1.807) is 0 Å². The van der Waals surface area contributed by atoms with Crippen LogP contribution in [0.2, 0.25) is 0 Å². The molecule has 116 valence electrons. The third-order valence-corrected chi connectivity index (χ3v) is 5.77. The summed E-state index contributed by atoms with van der Waals surface area (Å²) in [6, 6.07) is 1.93. The molecule has 0 aromatic heterocycles. The number of benzene rings is 1.